The lowest BCUT2D eigenvalue weighted by molar-refractivity contribution is -0.121. The molecule has 0 radical (unpaired) electrons. The molecule has 4 nitrogen and oxygen atoms in total. The number of amides is 1. The lowest BCUT2D eigenvalue weighted by Gasteiger charge is -2.05. The first-order chi connectivity index (χ1) is 10.8. The number of unbranched alkanes of at least 4 members (excludes halogenated alkanes) is 1. The van der Waals surface area contributed by atoms with Crippen LogP contribution in [0.1, 0.15) is 30.0 Å². The smallest absolute Gasteiger partial charge is 0.220 e. The summed E-state index contributed by atoms with van der Waals surface area (Å²) in [5.74, 6) is 0.960. The molecular formula is C17H19N3OS. The molecule has 0 fully saturated rings. The average molecular weight is 313 g/mol. The highest BCUT2D eigenvalue weighted by Crippen LogP contribution is 2.12. The Kier molecular flexibility index (Phi) is 4.85. The highest BCUT2D eigenvalue weighted by atomic mass is 32.1. The van der Waals surface area contributed by atoms with Crippen LogP contribution < -0.4 is 5.32 Å². The summed E-state index contributed by atoms with van der Waals surface area (Å²) in [5, 5.41) is 5.05. The number of thiophene rings is 1. The fourth-order valence-electron chi connectivity index (χ4n) is 2.44. The van der Waals surface area contributed by atoms with Crippen LogP contribution in [0.15, 0.2) is 48.1 Å². The lowest BCUT2D eigenvalue weighted by Crippen LogP contribution is -2.23. The van der Waals surface area contributed by atoms with Gasteiger partial charge in [-0.15, -0.1) is 11.3 Å². The molecule has 3 rings (SSSR count). The Labute approximate surface area is 133 Å². The standard InChI is InChI=1S/C17H19N3OS/c21-17(9-2-1-7-15-8-5-11-22-15)19-13-16-18-12-14-6-3-4-10-20(14)16/h3-6,8,10-12H,1-2,7,9,13H2,(H,19,21). The number of aryl methyl sites for hydroxylation is 1. The maximum Gasteiger partial charge on any atom is 0.220 e. The van der Waals surface area contributed by atoms with Crippen molar-refractivity contribution in [2.24, 2.45) is 0 Å². The third-order valence-electron chi connectivity index (χ3n) is 3.62. The summed E-state index contributed by atoms with van der Waals surface area (Å²) in [5.41, 5.74) is 1.04. The van der Waals surface area contributed by atoms with Crippen LogP contribution in [-0.4, -0.2) is 15.3 Å². The van der Waals surface area contributed by atoms with Gasteiger partial charge in [-0.2, -0.15) is 0 Å². The van der Waals surface area contributed by atoms with Crippen LogP contribution in [0.25, 0.3) is 5.52 Å². The summed E-state index contributed by atoms with van der Waals surface area (Å²) in [6, 6.07) is 10.2. The van der Waals surface area contributed by atoms with Crippen molar-refractivity contribution in [1.82, 2.24) is 14.7 Å². The number of pyridine rings is 1. The van der Waals surface area contributed by atoms with Gasteiger partial charge < -0.3 is 9.72 Å². The van der Waals surface area contributed by atoms with Gasteiger partial charge in [-0.25, -0.2) is 4.98 Å². The first-order valence-electron chi connectivity index (χ1n) is 7.53. The summed E-state index contributed by atoms with van der Waals surface area (Å²) >= 11 is 1.78. The third kappa shape index (κ3) is 3.74. The Morgan fingerprint density at radius 2 is 2.18 bits per heavy atom. The average Bonchev–Trinajstić information content (AvgIpc) is 3.19. The van der Waals surface area contributed by atoms with Gasteiger partial charge in [-0.05, 0) is 42.8 Å². The zero-order chi connectivity index (χ0) is 15.2. The molecule has 0 saturated carbocycles. The van der Waals surface area contributed by atoms with Crippen molar-refractivity contribution in [3.05, 3.63) is 58.8 Å². The number of carbonyl (C=O) groups excluding carboxylic acids is 1. The number of nitrogens with zero attached hydrogens (tertiary/aromatic N) is 2. The Morgan fingerprint density at radius 1 is 1.23 bits per heavy atom. The van der Waals surface area contributed by atoms with E-state index in [1.807, 2.05) is 35.0 Å². The van der Waals surface area contributed by atoms with Crippen molar-refractivity contribution in [1.29, 1.82) is 0 Å². The second-order valence-electron chi connectivity index (χ2n) is 5.23. The monoisotopic (exact) mass is 313 g/mol. The quantitative estimate of drug-likeness (QED) is 0.679. The van der Waals surface area contributed by atoms with Gasteiger partial charge in [-0.1, -0.05) is 12.1 Å². The predicted molar refractivity (Wildman–Crippen MR) is 88.9 cm³/mol. The number of fused-ring (bicyclic) bond motifs is 1. The van der Waals surface area contributed by atoms with Gasteiger partial charge in [-0.3, -0.25) is 4.79 Å². The number of rotatable bonds is 7. The van der Waals surface area contributed by atoms with E-state index in [1.165, 1.54) is 4.88 Å². The van der Waals surface area contributed by atoms with Crippen molar-refractivity contribution in [2.45, 2.75) is 32.2 Å². The highest BCUT2D eigenvalue weighted by Gasteiger charge is 2.05. The van der Waals surface area contributed by atoms with Gasteiger partial charge in [0.2, 0.25) is 5.91 Å². The molecule has 0 aromatic carbocycles. The van der Waals surface area contributed by atoms with E-state index in [2.05, 4.69) is 27.8 Å². The van der Waals surface area contributed by atoms with Gasteiger partial charge in [0.25, 0.3) is 0 Å². The van der Waals surface area contributed by atoms with E-state index in [0.717, 1.165) is 30.6 Å². The molecule has 0 aliphatic rings. The van der Waals surface area contributed by atoms with E-state index >= 15 is 0 Å². The molecule has 22 heavy (non-hydrogen) atoms. The van der Waals surface area contributed by atoms with E-state index in [-0.39, 0.29) is 5.91 Å². The molecule has 0 aliphatic heterocycles. The fraction of sp³-hybridized carbons (Fsp3) is 0.294. The van der Waals surface area contributed by atoms with Gasteiger partial charge >= 0.3 is 0 Å². The molecule has 3 heterocycles. The molecule has 5 heteroatoms. The minimum atomic E-state index is 0.0962. The maximum atomic E-state index is 11.9. The summed E-state index contributed by atoms with van der Waals surface area (Å²) in [6.45, 7) is 0.474. The number of hydrogen-bond donors (Lipinski definition) is 1. The van der Waals surface area contributed by atoms with Gasteiger partial charge in [0.1, 0.15) is 5.82 Å². The molecule has 3 aromatic rings. The minimum absolute atomic E-state index is 0.0962. The van der Waals surface area contributed by atoms with E-state index < -0.39 is 0 Å². The minimum Gasteiger partial charge on any atom is -0.349 e. The molecule has 1 amide bonds. The molecular weight excluding hydrogens is 294 g/mol. The van der Waals surface area contributed by atoms with Crippen LogP contribution in [0.3, 0.4) is 0 Å². The zero-order valence-electron chi connectivity index (χ0n) is 12.4. The molecule has 114 valence electrons. The summed E-state index contributed by atoms with van der Waals surface area (Å²) in [6.07, 6.45) is 7.41. The summed E-state index contributed by atoms with van der Waals surface area (Å²) in [7, 11) is 0. The molecule has 1 N–H and O–H groups in total. The van der Waals surface area contributed by atoms with Gasteiger partial charge in [0.15, 0.2) is 0 Å². The van der Waals surface area contributed by atoms with E-state index in [1.54, 1.807) is 11.3 Å². The number of carbonyl (C=O) groups is 1. The largest absolute Gasteiger partial charge is 0.349 e. The molecule has 0 aliphatic carbocycles. The Hall–Kier alpha value is -2.14. The second-order valence-corrected chi connectivity index (χ2v) is 6.27. The number of imidazole rings is 1. The molecule has 0 saturated heterocycles. The SMILES string of the molecule is O=C(CCCCc1cccs1)NCc1ncc2ccccn12. The zero-order valence-corrected chi connectivity index (χ0v) is 13.2. The Bertz CT molecular complexity index is 733. The van der Waals surface area contributed by atoms with Crippen LogP contribution >= 0.6 is 11.3 Å². The first-order valence-corrected chi connectivity index (χ1v) is 8.41. The maximum absolute atomic E-state index is 11.9. The van der Waals surface area contributed by atoms with Crippen LogP contribution in [0.5, 0.6) is 0 Å². The highest BCUT2D eigenvalue weighted by molar-refractivity contribution is 7.09. The number of aromatic nitrogens is 2. The molecule has 0 unspecified atom stereocenters. The normalized spacial score (nSPS) is 10.9. The molecule has 0 atom stereocenters. The van der Waals surface area contributed by atoms with E-state index in [0.29, 0.717) is 13.0 Å². The van der Waals surface area contributed by atoms with Crippen LogP contribution in [0, 0.1) is 0 Å². The third-order valence-corrected chi connectivity index (χ3v) is 4.55. The van der Waals surface area contributed by atoms with Crippen LogP contribution in [0.4, 0.5) is 0 Å². The van der Waals surface area contributed by atoms with Crippen molar-refractivity contribution in [2.75, 3.05) is 0 Å². The number of hydrogen-bond acceptors (Lipinski definition) is 3. The van der Waals surface area contributed by atoms with Crippen molar-refractivity contribution in [3.8, 4) is 0 Å². The Morgan fingerprint density at radius 3 is 3.05 bits per heavy atom. The molecule has 0 spiro atoms. The van der Waals surface area contributed by atoms with Crippen molar-refractivity contribution >= 4 is 22.8 Å². The molecule has 3 aromatic heterocycles. The van der Waals surface area contributed by atoms with E-state index in [9.17, 15) is 4.79 Å². The predicted octanol–water partition coefficient (Wildman–Crippen LogP) is 3.43. The lowest BCUT2D eigenvalue weighted by atomic mass is 10.1. The van der Waals surface area contributed by atoms with E-state index in [4.69, 9.17) is 0 Å². The number of nitrogens with one attached hydrogen (secondary N) is 1. The van der Waals surface area contributed by atoms with Crippen molar-refractivity contribution in [3.63, 3.8) is 0 Å². The van der Waals surface area contributed by atoms with Crippen LogP contribution in [-0.2, 0) is 17.8 Å². The summed E-state index contributed by atoms with van der Waals surface area (Å²) in [4.78, 5) is 17.6. The second kappa shape index (κ2) is 7.22. The van der Waals surface area contributed by atoms with Gasteiger partial charge in [0, 0.05) is 17.5 Å². The van der Waals surface area contributed by atoms with Gasteiger partial charge in [0.05, 0.1) is 18.3 Å². The Balaban J connectivity index is 1.40. The fourth-order valence-corrected chi connectivity index (χ4v) is 3.19. The molecule has 0 bridgehead atoms. The topological polar surface area (TPSA) is 46.4 Å². The first kappa shape index (κ1) is 14.8. The van der Waals surface area contributed by atoms with Crippen molar-refractivity contribution < 1.29 is 4.79 Å². The van der Waals surface area contributed by atoms with Crippen LogP contribution in [0.2, 0.25) is 0 Å². The summed E-state index contributed by atoms with van der Waals surface area (Å²) < 4.78 is 2.00.